The Labute approximate surface area is 194 Å². The number of aliphatic hydroxyl groups excluding tert-OH is 2. The van der Waals surface area contributed by atoms with Crippen LogP contribution < -0.4 is 15.8 Å². The molecule has 2 aromatic carbocycles. The van der Waals surface area contributed by atoms with Crippen molar-refractivity contribution in [1.82, 2.24) is 9.88 Å². The van der Waals surface area contributed by atoms with Gasteiger partial charge in [0.05, 0.1) is 11.8 Å². The first-order valence-corrected chi connectivity index (χ1v) is 11.4. The lowest BCUT2D eigenvalue weighted by atomic mass is 9.90. The van der Waals surface area contributed by atoms with Crippen LogP contribution in [0.4, 0.5) is 17.2 Å². The summed E-state index contributed by atoms with van der Waals surface area (Å²) in [5.74, 6) is 2.36. The lowest BCUT2D eigenvalue weighted by Gasteiger charge is -2.37. The van der Waals surface area contributed by atoms with Crippen molar-refractivity contribution in [3.05, 3.63) is 72.4 Å². The molecule has 1 aliphatic rings. The van der Waals surface area contributed by atoms with Crippen molar-refractivity contribution >= 4 is 17.2 Å². The second-order valence-corrected chi connectivity index (χ2v) is 8.66. The zero-order valence-corrected chi connectivity index (χ0v) is 18.9. The summed E-state index contributed by atoms with van der Waals surface area (Å²) in [5.41, 5.74) is 9.03. The number of likely N-dealkylation sites (tertiary alicyclic amines) is 1. The highest BCUT2D eigenvalue weighted by Crippen LogP contribution is 2.31. The van der Waals surface area contributed by atoms with Gasteiger partial charge in [-0.15, -0.1) is 0 Å². The average molecular weight is 449 g/mol. The Balaban J connectivity index is 1.45. The standard InChI is InChI=1S/C26H32N4O3/c1-18(31)26(32)30-15-5-6-19(17-30)16-20-13-14-28-25(27)24(20)29-21-9-11-23(12-10-21)33-22-7-3-2-4-8-22/h2-4,7-14,18-19,26,29,31-32H,5-6,15-17H2,1H3,(H2,27,28)/t18-,19-,26?/m0/s1. The van der Waals surface area contributed by atoms with Gasteiger partial charge in [0, 0.05) is 25.0 Å². The van der Waals surface area contributed by atoms with Gasteiger partial charge in [0.1, 0.15) is 23.5 Å². The van der Waals surface area contributed by atoms with Gasteiger partial charge in [-0.05, 0) is 80.1 Å². The minimum atomic E-state index is -0.829. The third-order valence-electron chi connectivity index (χ3n) is 6.03. The van der Waals surface area contributed by atoms with Crippen LogP contribution in [-0.4, -0.2) is 45.5 Å². The maximum absolute atomic E-state index is 10.3. The Hall–Kier alpha value is -3.13. The van der Waals surface area contributed by atoms with Crippen LogP contribution in [0.5, 0.6) is 11.5 Å². The summed E-state index contributed by atoms with van der Waals surface area (Å²) in [6, 6.07) is 19.4. The van der Waals surface area contributed by atoms with E-state index in [1.165, 1.54) is 0 Å². The zero-order chi connectivity index (χ0) is 23.2. The normalized spacial score (nSPS) is 18.5. The van der Waals surface area contributed by atoms with Crippen molar-refractivity contribution in [3.8, 4) is 11.5 Å². The van der Waals surface area contributed by atoms with Gasteiger partial charge in [-0.25, -0.2) is 4.98 Å². The van der Waals surface area contributed by atoms with E-state index in [1.54, 1.807) is 13.1 Å². The smallest absolute Gasteiger partial charge is 0.147 e. The number of nitrogens with zero attached hydrogens (tertiary/aromatic N) is 2. The van der Waals surface area contributed by atoms with Gasteiger partial charge in [0.15, 0.2) is 0 Å². The van der Waals surface area contributed by atoms with Crippen molar-refractivity contribution in [2.45, 2.75) is 38.5 Å². The SMILES string of the molecule is C[C@H](O)C(O)N1CCC[C@@H](Cc2ccnc(N)c2Nc2ccc(Oc3ccccc3)cc2)C1. The molecular weight excluding hydrogens is 416 g/mol. The van der Waals surface area contributed by atoms with Crippen LogP contribution in [0.3, 0.4) is 0 Å². The van der Waals surface area contributed by atoms with E-state index in [1.807, 2.05) is 65.6 Å². The van der Waals surface area contributed by atoms with Gasteiger partial charge in [-0.1, -0.05) is 18.2 Å². The molecule has 0 aliphatic carbocycles. The summed E-state index contributed by atoms with van der Waals surface area (Å²) < 4.78 is 5.87. The summed E-state index contributed by atoms with van der Waals surface area (Å²) in [5, 5.41) is 23.5. The van der Waals surface area contributed by atoms with E-state index < -0.39 is 12.3 Å². The number of nitrogen functional groups attached to an aromatic ring is 1. The molecule has 1 fully saturated rings. The van der Waals surface area contributed by atoms with Crippen molar-refractivity contribution in [3.63, 3.8) is 0 Å². The number of ether oxygens (including phenoxy) is 1. The van der Waals surface area contributed by atoms with E-state index in [-0.39, 0.29) is 0 Å². The Bertz CT molecular complexity index is 1030. The molecule has 1 saturated heterocycles. The van der Waals surface area contributed by atoms with Crippen LogP contribution >= 0.6 is 0 Å². The lowest BCUT2D eigenvalue weighted by molar-refractivity contribution is -0.0897. The van der Waals surface area contributed by atoms with Gasteiger partial charge in [0.25, 0.3) is 0 Å². The van der Waals surface area contributed by atoms with E-state index >= 15 is 0 Å². The largest absolute Gasteiger partial charge is 0.457 e. The maximum atomic E-state index is 10.3. The first kappa shape index (κ1) is 23.0. The number of rotatable bonds is 8. The van der Waals surface area contributed by atoms with Gasteiger partial charge in [-0.3, -0.25) is 4.90 Å². The number of benzene rings is 2. The molecule has 4 rings (SSSR count). The first-order valence-electron chi connectivity index (χ1n) is 11.4. The third-order valence-corrected chi connectivity index (χ3v) is 6.03. The Morgan fingerprint density at radius 2 is 1.82 bits per heavy atom. The fourth-order valence-electron chi connectivity index (χ4n) is 4.33. The highest BCUT2D eigenvalue weighted by Gasteiger charge is 2.27. The number of aliphatic hydroxyl groups is 2. The average Bonchev–Trinajstić information content (AvgIpc) is 2.83. The maximum Gasteiger partial charge on any atom is 0.147 e. The van der Waals surface area contributed by atoms with E-state index in [9.17, 15) is 10.2 Å². The number of anilines is 3. The Morgan fingerprint density at radius 1 is 1.09 bits per heavy atom. The molecule has 3 atom stereocenters. The predicted molar refractivity (Wildman–Crippen MR) is 131 cm³/mol. The van der Waals surface area contributed by atoms with Crippen LogP contribution in [0.25, 0.3) is 0 Å². The molecule has 0 bridgehead atoms. The molecule has 174 valence electrons. The van der Waals surface area contributed by atoms with Crippen molar-refractivity contribution < 1.29 is 14.9 Å². The topological polar surface area (TPSA) is 104 Å². The minimum absolute atomic E-state index is 0.358. The molecule has 0 spiro atoms. The molecule has 1 aliphatic heterocycles. The van der Waals surface area contributed by atoms with Gasteiger partial charge < -0.3 is 26.0 Å². The van der Waals surface area contributed by atoms with Crippen LogP contribution in [-0.2, 0) is 6.42 Å². The van der Waals surface area contributed by atoms with E-state index in [4.69, 9.17) is 10.5 Å². The summed E-state index contributed by atoms with van der Waals surface area (Å²) in [7, 11) is 0. The quantitative estimate of drug-likeness (QED) is 0.410. The van der Waals surface area contributed by atoms with E-state index in [0.29, 0.717) is 11.7 Å². The number of piperidine rings is 1. The van der Waals surface area contributed by atoms with Crippen molar-refractivity contribution in [2.24, 2.45) is 5.92 Å². The summed E-state index contributed by atoms with van der Waals surface area (Å²) >= 11 is 0. The summed E-state index contributed by atoms with van der Waals surface area (Å²) in [6.45, 7) is 3.15. The number of para-hydroxylation sites is 1. The van der Waals surface area contributed by atoms with Crippen LogP contribution in [0.2, 0.25) is 0 Å². The fraction of sp³-hybridized carbons (Fsp3) is 0.346. The molecule has 33 heavy (non-hydrogen) atoms. The molecule has 7 nitrogen and oxygen atoms in total. The van der Waals surface area contributed by atoms with Crippen LogP contribution in [0, 0.1) is 5.92 Å². The number of hydrogen-bond acceptors (Lipinski definition) is 7. The molecule has 0 amide bonds. The van der Waals surface area contributed by atoms with Crippen LogP contribution in [0.1, 0.15) is 25.3 Å². The van der Waals surface area contributed by atoms with Crippen molar-refractivity contribution in [2.75, 3.05) is 24.1 Å². The molecule has 0 saturated carbocycles. The van der Waals surface area contributed by atoms with Gasteiger partial charge in [0.2, 0.25) is 0 Å². The monoisotopic (exact) mass is 448 g/mol. The highest BCUT2D eigenvalue weighted by atomic mass is 16.5. The lowest BCUT2D eigenvalue weighted by Crippen LogP contribution is -2.47. The molecule has 2 heterocycles. The number of pyridine rings is 1. The molecular formula is C26H32N4O3. The second-order valence-electron chi connectivity index (χ2n) is 8.66. The second kappa shape index (κ2) is 10.7. The fourth-order valence-corrected chi connectivity index (χ4v) is 4.33. The highest BCUT2D eigenvalue weighted by molar-refractivity contribution is 5.73. The van der Waals surface area contributed by atoms with E-state index in [0.717, 1.165) is 60.8 Å². The van der Waals surface area contributed by atoms with Gasteiger partial charge in [-0.2, -0.15) is 0 Å². The van der Waals surface area contributed by atoms with E-state index in [2.05, 4.69) is 10.3 Å². The summed E-state index contributed by atoms with van der Waals surface area (Å²) in [4.78, 5) is 6.24. The molecule has 7 heteroatoms. The minimum Gasteiger partial charge on any atom is -0.457 e. The Morgan fingerprint density at radius 3 is 2.55 bits per heavy atom. The third kappa shape index (κ3) is 6.01. The van der Waals surface area contributed by atoms with Crippen LogP contribution in [0.15, 0.2) is 66.9 Å². The molecule has 0 radical (unpaired) electrons. The molecule has 5 N–H and O–H groups in total. The Kier molecular flexibility index (Phi) is 7.44. The number of hydrogen-bond donors (Lipinski definition) is 4. The summed E-state index contributed by atoms with van der Waals surface area (Å²) in [6.07, 6.45) is 3.00. The van der Waals surface area contributed by atoms with Gasteiger partial charge >= 0.3 is 0 Å². The molecule has 1 aromatic heterocycles. The first-order chi connectivity index (χ1) is 16.0. The number of nitrogens with two attached hydrogens (primary N) is 1. The molecule has 1 unspecified atom stereocenters. The van der Waals surface area contributed by atoms with Crippen molar-refractivity contribution in [1.29, 1.82) is 0 Å². The number of aromatic nitrogens is 1. The zero-order valence-electron chi connectivity index (χ0n) is 18.9. The predicted octanol–water partition coefficient (Wildman–Crippen LogP) is 4.15. The molecule has 3 aromatic rings. The number of nitrogens with one attached hydrogen (secondary N) is 1.